The Morgan fingerprint density at radius 1 is 0.864 bits per heavy atom. The van der Waals surface area contributed by atoms with E-state index in [0.29, 0.717) is 12.8 Å². The minimum absolute atomic E-state index is 0.262. The van der Waals surface area contributed by atoms with Crippen molar-refractivity contribution in [2.75, 3.05) is 6.61 Å². The maximum absolute atomic E-state index is 9.01. The summed E-state index contributed by atoms with van der Waals surface area (Å²) >= 11 is 0. The molecule has 0 saturated heterocycles. The monoisotopic (exact) mass is 312 g/mol. The van der Waals surface area contributed by atoms with Gasteiger partial charge in [0.15, 0.2) is 0 Å². The van der Waals surface area contributed by atoms with Crippen LogP contribution >= 0.6 is 0 Å². The van der Waals surface area contributed by atoms with Gasteiger partial charge in [-0.15, -0.1) is 6.42 Å². The lowest BCUT2D eigenvalue weighted by Crippen LogP contribution is -2.01. The Kier molecular flexibility index (Phi) is 20.8. The smallest absolute Gasteiger partial charge is 0.118 e. The minimum atomic E-state index is -0.642. The van der Waals surface area contributed by atoms with E-state index in [1.807, 2.05) is 0 Å². The molecule has 0 aromatic rings. The van der Waals surface area contributed by atoms with Crippen LogP contribution in [0.1, 0.15) is 71.1 Å². The highest BCUT2D eigenvalue weighted by Gasteiger charge is 1.98. The Morgan fingerprint density at radius 3 is 1.91 bits per heavy atom. The third-order valence-electron chi connectivity index (χ3n) is 3.14. The van der Waals surface area contributed by atoms with Crippen LogP contribution in [0.3, 0.4) is 0 Å². The van der Waals surface area contributed by atoms with E-state index in [4.69, 9.17) is 26.8 Å². The maximum atomic E-state index is 9.01. The molecule has 2 atom stereocenters. The van der Waals surface area contributed by atoms with Gasteiger partial charge in [0, 0.05) is 6.61 Å². The summed E-state index contributed by atoms with van der Waals surface area (Å²) < 4.78 is 0. The van der Waals surface area contributed by atoms with Gasteiger partial charge in [-0.25, -0.2) is 0 Å². The first kappa shape index (κ1) is 23.1. The van der Waals surface area contributed by atoms with E-state index in [9.17, 15) is 0 Å². The number of unbranched alkanes of at least 4 members (excludes halogenated alkanes) is 6. The minimum Gasteiger partial charge on any atom is -0.462 e. The molecule has 0 aliphatic heterocycles. The van der Waals surface area contributed by atoms with E-state index >= 15 is 0 Å². The number of hydrogen-bond acceptors (Lipinski definition) is 4. The molecule has 0 saturated carbocycles. The molecule has 0 aromatic carbocycles. The molecule has 0 bridgehead atoms. The van der Waals surface area contributed by atoms with Crippen molar-refractivity contribution in [3.05, 3.63) is 0 Å². The first-order valence-corrected chi connectivity index (χ1v) is 8.20. The van der Waals surface area contributed by atoms with Gasteiger partial charge in [-0.2, -0.15) is 0 Å². The van der Waals surface area contributed by atoms with Crippen molar-refractivity contribution >= 4 is 0 Å². The highest BCUT2D eigenvalue weighted by atomic mass is 16.3. The zero-order valence-electron chi connectivity index (χ0n) is 13.8. The van der Waals surface area contributed by atoms with Crippen LogP contribution in [-0.4, -0.2) is 39.2 Å². The van der Waals surface area contributed by atoms with E-state index < -0.39 is 12.2 Å². The molecular formula is C18H32O4. The molecule has 4 heteroatoms. The molecule has 2 unspecified atom stereocenters. The van der Waals surface area contributed by atoms with Crippen molar-refractivity contribution < 1.29 is 20.4 Å². The lowest BCUT2D eigenvalue weighted by molar-refractivity contribution is 0.216. The summed E-state index contributed by atoms with van der Waals surface area (Å²) in [7, 11) is 0. The van der Waals surface area contributed by atoms with Crippen LogP contribution in [0.4, 0.5) is 0 Å². The van der Waals surface area contributed by atoms with Crippen LogP contribution in [-0.2, 0) is 0 Å². The lowest BCUT2D eigenvalue weighted by atomic mass is 10.1. The SMILES string of the molecule is C#CC(O)CCCCCCO.CCCCCCC(O)C#CO. The summed E-state index contributed by atoms with van der Waals surface area (Å²) in [5.74, 6) is 4.55. The van der Waals surface area contributed by atoms with Crippen molar-refractivity contribution in [2.45, 2.75) is 83.3 Å². The fourth-order valence-electron chi connectivity index (χ4n) is 1.80. The van der Waals surface area contributed by atoms with E-state index in [1.54, 1.807) is 6.11 Å². The zero-order chi connectivity index (χ0) is 17.1. The lowest BCUT2D eigenvalue weighted by Gasteiger charge is -2.01. The van der Waals surface area contributed by atoms with Crippen LogP contribution < -0.4 is 0 Å². The van der Waals surface area contributed by atoms with E-state index in [1.165, 1.54) is 12.8 Å². The highest BCUT2D eigenvalue weighted by molar-refractivity contribution is 4.97. The van der Waals surface area contributed by atoms with Gasteiger partial charge >= 0.3 is 0 Å². The number of hydrogen-bond donors (Lipinski definition) is 4. The quantitative estimate of drug-likeness (QED) is 0.349. The van der Waals surface area contributed by atoms with Crippen LogP contribution in [0.15, 0.2) is 0 Å². The van der Waals surface area contributed by atoms with Crippen molar-refractivity contribution in [1.29, 1.82) is 0 Å². The number of rotatable bonds is 11. The third kappa shape index (κ3) is 21.1. The Morgan fingerprint density at radius 2 is 1.41 bits per heavy atom. The molecule has 0 rings (SSSR count). The second-order valence-electron chi connectivity index (χ2n) is 5.23. The maximum Gasteiger partial charge on any atom is 0.118 e. The Bertz CT molecular complexity index is 311. The molecule has 0 fully saturated rings. The Hall–Kier alpha value is -1.20. The first-order valence-electron chi connectivity index (χ1n) is 8.20. The van der Waals surface area contributed by atoms with Gasteiger partial charge in [0.1, 0.15) is 18.3 Å². The molecule has 0 aliphatic carbocycles. The summed E-state index contributed by atoms with van der Waals surface area (Å²) in [5, 5.41) is 34.5. The Labute approximate surface area is 135 Å². The van der Waals surface area contributed by atoms with E-state index in [0.717, 1.165) is 38.5 Å². The van der Waals surface area contributed by atoms with E-state index in [2.05, 4.69) is 18.8 Å². The molecule has 0 aromatic heterocycles. The summed E-state index contributed by atoms with van der Waals surface area (Å²) in [6.07, 6.45) is 15.2. The van der Waals surface area contributed by atoms with Gasteiger partial charge in [0.2, 0.25) is 0 Å². The first-order chi connectivity index (χ1) is 10.6. The van der Waals surface area contributed by atoms with Gasteiger partial charge in [-0.3, -0.25) is 0 Å². The molecule has 22 heavy (non-hydrogen) atoms. The van der Waals surface area contributed by atoms with Crippen molar-refractivity contribution in [3.63, 3.8) is 0 Å². The van der Waals surface area contributed by atoms with Gasteiger partial charge in [-0.1, -0.05) is 44.9 Å². The third-order valence-corrected chi connectivity index (χ3v) is 3.14. The normalized spacial score (nSPS) is 12.1. The van der Waals surface area contributed by atoms with Crippen molar-refractivity contribution in [2.24, 2.45) is 0 Å². The summed E-state index contributed by atoms with van der Waals surface area (Å²) in [6.45, 7) is 2.40. The molecule has 128 valence electrons. The second-order valence-corrected chi connectivity index (χ2v) is 5.23. The molecule has 0 spiro atoms. The zero-order valence-corrected chi connectivity index (χ0v) is 13.8. The average Bonchev–Trinajstić information content (AvgIpc) is 2.52. The Balaban J connectivity index is 0. The molecule has 4 N–H and O–H groups in total. The van der Waals surface area contributed by atoms with Crippen molar-refractivity contribution in [3.8, 4) is 24.4 Å². The molecule has 0 radical (unpaired) electrons. The summed E-state index contributed by atoms with van der Waals surface area (Å²) in [5.41, 5.74) is 0. The van der Waals surface area contributed by atoms with Gasteiger partial charge < -0.3 is 20.4 Å². The number of aliphatic hydroxyl groups is 4. The van der Waals surface area contributed by atoms with E-state index in [-0.39, 0.29) is 6.61 Å². The molecule has 4 nitrogen and oxygen atoms in total. The molecule has 0 aliphatic rings. The second kappa shape index (κ2) is 19.8. The predicted octanol–water partition coefficient (Wildman–Crippen LogP) is 2.57. The van der Waals surface area contributed by atoms with Gasteiger partial charge in [0.05, 0.1) is 0 Å². The predicted molar refractivity (Wildman–Crippen MR) is 89.5 cm³/mol. The molecule has 0 amide bonds. The van der Waals surface area contributed by atoms with Crippen LogP contribution in [0.5, 0.6) is 0 Å². The number of aliphatic hydroxyl groups excluding tert-OH is 4. The largest absolute Gasteiger partial charge is 0.462 e. The highest BCUT2D eigenvalue weighted by Crippen LogP contribution is 2.05. The fraction of sp³-hybridized carbons (Fsp3) is 0.778. The molecular weight excluding hydrogens is 280 g/mol. The average molecular weight is 312 g/mol. The van der Waals surface area contributed by atoms with Crippen LogP contribution in [0, 0.1) is 24.4 Å². The van der Waals surface area contributed by atoms with Gasteiger partial charge in [0.25, 0.3) is 0 Å². The number of terminal acetylenes is 1. The topological polar surface area (TPSA) is 80.9 Å². The van der Waals surface area contributed by atoms with Crippen LogP contribution in [0.25, 0.3) is 0 Å². The van der Waals surface area contributed by atoms with Gasteiger partial charge in [-0.05, 0) is 38.0 Å². The standard InChI is InChI=1S/2C9H16O2/c1-2-9(11)7-5-3-4-6-8-10;1-2-3-4-5-6-9(11)7-8-10/h1,9-11H,3-8H2;9-11H,2-6H2,1H3. The van der Waals surface area contributed by atoms with Crippen LogP contribution in [0.2, 0.25) is 0 Å². The van der Waals surface area contributed by atoms with Crippen molar-refractivity contribution in [1.82, 2.24) is 0 Å². The molecule has 0 heterocycles. The summed E-state index contributed by atoms with van der Waals surface area (Å²) in [4.78, 5) is 0. The summed E-state index contributed by atoms with van der Waals surface area (Å²) in [6, 6.07) is 0. The fourth-order valence-corrected chi connectivity index (χ4v) is 1.80.